The molecule has 156 valence electrons. The van der Waals surface area contributed by atoms with Crippen LogP contribution in [0.2, 0.25) is 0 Å². The highest BCUT2D eigenvalue weighted by Crippen LogP contribution is 2.35. The molecule has 3 aromatic carbocycles. The minimum atomic E-state index is -3.80. The predicted octanol–water partition coefficient (Wildman–Crippen LogP) is 3.52. The third-order valence-corrected chi connectivity index (χ3v) is 6.30. The Hall–Kier alpha value is -3.92. The quantitative estimate of drug-likeness (QED) is 0.375. The van der Waals surface area contributed by atoms with Crippen LogP contribution in [0.3, 0.4) is 0 Å². The number of tetrazole rings is 1. The number of nitrogens with one attached hydrogen (secondary N) is 3. The van der Waals surface area contributed by atoms with Gasteiger partial charge < -0.3 is 9.72 Å². The molecule has 0 aliphatic rings. The Morgan fingerprint density at radius 1 is 1.03 bits per heavy atom. The van der Waals surface area contributed by atoms with Crippen molar-refractivity contribution in [2.24, 2.45) is 0 Å². The summed E-state index contributed by atoms with van der Waals surface area (Å²) in [7, 11) is -3.80. The highest BCUT2D eigenvalue weighted by molar-refractivity contribution is 7.92. The third kappa shape index (κ3) is 3.68. The van der Waals surface area contributed by atoms with Crippen molar-refractivity contribution in [2.75, 3.05) is 4.72 Å². The van der Waals surface area contributed by atoms with Gasteiger partial charge in [0, 0.05) is 22.4 Å². The van der Waals surface area contributed by atoms with Gasteiger partial charge >= 0.3 is 0 Å². The van der Waals surface area contributed by atoms with Crippen LogP contribution in [-0.2, 0) is 16.6 Å². The zero-order valence-electron chi connectivity index (χ0n) is 16.5. The molecule has 0 amide bonds. The summed E-state index contributed by atoms with van der Waals surface area (Å²) in [5.74, 6) is 0.865. The van der Waals surface area contributed by atoms with E-state index >= 15 is 0 Å². The molecule has 2 heterocycles. The minimum absolute atomic E-state index is 0.0918. The summed E-state index contributed by atoms with van der Waals surface area (Å²) in [4.78, 5) is 3.49. The predicted molar refractivity (Wildman–Crippen MR) is 116 cm³/mol. The highest BCUT2D eigenvalue weighted by Gasteiger charge is 2.18. The summed E-state index contributed by atoms with van der Waals surface area (Å²) in [5.41, 5.74) is 2.93. The maximum atomic E-state index is 13.0. The van der Waals surface area contributed by atoms with Gasteiger partial charge in [-0.15, -0.1) is 10.2 Å². The van der Waals surface area contributed by atoms with Gasteiger partial charge in [-0.05, 0) is 31.2 Å². The Morgan fingerprint density at radius 2 is 1.84 bits per heavy atom. The van der Waals surface area contributed by atoms with E-state index in [1.807, 2.05) is 37.3 Å². The van der Waals surface area contributed by atoms with E-state index < -0.39 is 10.0 Å². The van der Waals surface area contributed by atoms with Crippen molar-refractivity contribution in [1.82, 2.24) is 25.6 Å². The van der Waals surface area contributed by atoms with E-state index in [1.165, 1.54) is 0 Å². The zero-order valence-corrected chi connectivity index (χ0v) is 17.3. The average molecular weight is 434 g/mol. The van der Waals surface area contributed by atoms with E-state index in [1.54, 1.807) is 30.3 Å². The lowest BCUT2D eigenvalue weighted by atomic mass is 10.1. The van der Waals surface area contributed by atoms with Gasteiger partial charge in [0.25, 0.3) is 10.0 Å². The van der Waals surface area contributed by atoms with Crippen LogP contribution in [0.5, 0.6) is 5.75 Å². The van der Waals surface area contributed by atoms with Gasteiger partial charge in [-0.3, -0.25) is 4.72 Å². The van der Waals surface area contributed by atoms with Crippen molar-refractivity contribution >= 4 is 37.5 Å². The SMILES string of the molecule is Cc1ccc(S(=O)(=O)Nc2cc(OCc3nn[nH]n3)cc3c2[nH]c2ccccc23)cc1. The van der Waals surface area contributed by atoms with Crippen molar-refractivity contribution in [3.05, 3.63) is 72.1 Å². The largest absolute Gasteiger partial charge is 0.485 e. The number of benzene rings is 3. The van der Waals surface area contributed by atoms with Gasteiger partial charge in [0.2, 0.25) is 5.82 Å². The van der Waals surface area contributed by atoms with Gasteiger partial charge in [0.1, 0.15) is 5.75 Å². The summed E-state index contributed by atoms with van der Waals surface area (Å²) in [6, 6.07) is 17.9. The molecule has 5 rings (SSSR count). The fraction of sp³-hybridized carbons (Fsp3) is 0.0952. The van der Waals surface area contributed by atoms with E-state index in [2.05, 4.69) is 30.3 Å². The molecule has 0 aliphatic carbocycles. The molecule has 3 N–H and O–H groups in total. The topological polar surface area (TPSA) is 126 Å². The van der Waals surface area contributed by atoms with E-state index in [0.29, 0.717) is 22.8 Å². The molecule has 10 heteroatoms. The molecule has 5 aromatic rings. The molecule has 0 saturated heterocycles. The molecule has 0 atom stereocenters. The van der Waals surface area contributed by atoms with Gasteiger partial charge in [-0.25, -0.2) is 8.42 Å². The molecule has 2 aromatic heterocycles. The smallest absolute Gasteiger partial charge is 0.261 e. The molecule has 0 unspecified atom stereocenters. The molecule has 0 aliphatic heterocycles. The number of anilines is 1. The number of para-hydroxylation sites is 1. The Balaban J connectivity index is 1.60. The van der Waals surface area contributed by atoms with Crippen molar-refractivity contribution in [1.29, 1.82) is 0 Å². The number of aryl methyl sites for hydroxylation is 1. The number of hydrogen-bond donors (Lipinski definition) is 3. The van der Waals surface area contributed by atoms with Gasteiger partial charge in [0.15, 0.2) is 6.61 Å². The standard InChI is InChI=1S/C21H18N6O3S/c1-13-6-8-15(9-7-13)31(28,29)25-19-11-14(30-12-20-23-26-27-24-20)10-17-16-4-2-3-5-18(16)22-21(17)19/h2-11,22,25H,12H2,1H3,(H,23,24,26,27). The van der Waals surface area contributed by atoms with E-state index in [9.17, 15) is 8.42 Å². The number of H-pyrrole nitrogens is 2. The monoisotopic (exact) mass is 434 g/mol. The molecule has 0 saturated carbocycles. The third-order valence-electron chi connectivity index (χ3n) is 4.92. The molecule has 0 spiro atoms. The van der Waals surface area contributed by atoms with Crippen molar-refractivity contribution in [2.45, 2.75) is 18.4 Å². The molecule has 0 fully saturated rings. The number of fused-ring (bicyclic) bond motifs is 3. The van der Waals surface area contributed by atoms with Crippen molar-refractivity contribution in [3.63, 3.8) is 0 Å². The lowest BCUT2D eigenvalue weighted by Crippen LogP contribution is -2.13. The number of sulfonamides is 1. The molecule has 9 nitrogen and oxygen atoms in total. The first-order chi connectivity index (χ1) is 15.0. The van der Waals surface area contributed by atoms with Gasteiger partial charge in [0.05, 0.1) is 16.1 Å². The maximum Gasteiger partial charge on any atom is 0.261 e. The molecule has 31 heavy (non-hydrogen) atoms. The highest BCUT2D eigenvalue weighted by atomic mass is 32.2. The lowest BCUT2D eigenvalue weighted by molar-refractivity contribution is 0.296. The fourth-order valence-electron chi connectivity index (χ4n) is 3.40. The summed E-state index contributed by atoms with van der Waals surface area (Å²) >= 11 is 0. The number of aromatic amines is 2. The Kier molecular flexibility index (Phi) is 4.55. The number of nitrogens with zero attached hydrogens (tertiary/aromatic N) is 3. The van der Waals surface area contributed by atoms with Gasteiger partial charge in [-0.2, -0.15) is 5.21 Å². The van der Waals surface area contributed by atoms with E-state index in [-0.39, 0.29) is 11.5 Å². The summed E-state index contributed by atoms with van der Waals surface area (Å²) in [5, 5.41) is 15.4. The number of rotatable bonds is 6. The van der Waals surface area contributed by atoms with E-state index in [4.69, 9.17) is 4.74 Å². The number of hydrogen-bond acceptors (Lipinski definition) is 6. The Labute approximate surface area is 177 Å². The number of aromatic nitrogens is 5. The van der Waals surface area contributed by atoms with Crippen LogP contribution in [0.1, 0.15) is 11.4 Å². The van der Waals surface area contributed by atoms with Gasteiger partial charge in [-0.1, -0.05) is 41.1 Å². The Morgan fingerprint density at radius 3 is 2.61 bits per heavy atom. The first-order valence-electron chi connectivity index (χ1n) is 9.49. The van der Waals surface area contributed by atoms with Crippen LogP contribution < -0.4 is 9.46 Å². The Bertz CT molecular complexity index is 1480. The molecular weight excluding hydrogens is 416 g/mol. The second kappa shape index (κ2) is 7.40. The van der Waals surface area contributed by atoms with Crippen LogP contribution in [0, 0.1) is 6.92 Å². The fourth-order valence-corrected chi connectivity index (χ4v) is 4.46. The van der Waals surface area contributed by atoms with Crippen LogP contribution in [0.15, 0.2) is 65.6 Å². The van der Waals surface area contributed by atoms with Crippen LogP contribution in [-0.4, -0.2) is 34.0 Å². The summed E-state index contributed by atoms with van der Waals surface area (Å²) in [6.45, 7) is 2.00. The van der Waals surface area contributed by atoms with Crippen LogP contribution in [0.4, 0.5) is 5.69 Å². The second-order valence-corrected chi connectivity index (χ2v) is 8.78. The summed E-state index contributed by atoms with van der Waals surface area (Å²) < 4.78 is 34.6. The summed E-state index contributed by atoms with van der Waals surface area (Å²) in [6.07, 6.45) is 0. The normalized spacial score (nSPS) is 11.8. The first-order valence-corrected chi connectivity index (χ1v) is 11.0. The first kappa shape index (κ1) is 19.1. The maximum absolute atomic E-state index is 13.0. The molecule has 0 bridgehead atoms. The zero-order chi connectivity index (χ0) is 21.4. The molecule has 0 radical (unpaired) electrons. The minimum Gasteiger partial charge on any atom is -0.485 e. The second-order valence-electron chi connectivity index (χ2n) is 7.10. The van der Waals surface area contributed by atoms with Crippen LogP contribution in [0.25, 0.3) is 21.8 Å². The lowest BCUT2D eigenvalue weighted by Gasteiger charge is -2.12. The van der Waals surface area contributed by atoms with Crippen molar-refractivity contribution < 1.29 is 13.2 Å². The molecular formula is C21H18N6O3S. The van der Waals surface area contributed by atoms with Crippen LogP contribution >= 0.6 is 0 Å². The van der Waals surface area contributed by atoms with E-state index in [0.717, 1.165) is 21.9 Å². The van der Waals surface area contributed by atoms with Crippen molar-refractivity contribution in [3.8, 4) is 5.75 Å². The average Bonchev–Trinajstić information content (AvgIpc) is 3.40. The number of ether oxygens (including phenoxy) is 1.